The number of hydrogen-bond acceptors (Lipinski definition) is 28. The minimum atomic E-state index is -5.10. The smallest absolute Gasteiger partial charge is 0.508 e. The van der Waals surface area contributed by atoms with Crippen LogP contribution in [0.25, 0.3) is 0 Å². The average Bonchev–Trinajstić information content (AvgIpc) is 1.66. The molecule has 137 heavy (non-hydrogen) atoms. The first kappa shape index (κ1) is 116. The third-order valence-electron chi connectivity index (χ3n) is 22.0. The molecular formula is C86H136N21O28PS. The number of aromatic hydroxyl groups is 1. The number of fused-ring (bicyclic) bond motifs is 1. The van der Waals surface area contributed by atoms with Gasteiger partial charge in [0.05, 0.1) is 64.6 Å². The molecule has 15 atom stereocenters. The molecule has 5 rings (SSSR count). The van der Waals surface area contributed by atoms with Gasteiger partial charge in [-0.1, -0.05) is 71.2 Å². The van der Waals surface area contributed by atoms with Gasteiger partial charge < -0.3 is 142 Å². The van der Waals surface area contributed by atoms with Crippen LogP contribution in [0.15, 0.2) is 48.5 Å². The van der Waals surface area contributed by atoms with Gasteiger partial charge in [0.25, 0.3) is 0 Å². The number of carbonyl (C=O) groups excluding carboxylic acids is 19. The average molecular weight is 1980 g/mol. The molecule has 3 heterocycles. The third-order valence-corrected chi connectivity index (χ3v) is 23.9. The Labute approximate surface area is 797 Å². The number of amides is 20. The number of rotatable bonds is 53. The number of phenolic OH excluding ortho intramolecular Hbond substituents is 1. The molecule has 20 amide bonds. The normalized spacial score (nSPS) is 22.3. The maximum absolute atomic E-state index is 14.9. The molecule has 2 aromatic rings. The zero-order valence-electron chi connectivity index (χ0n) is 77.7. The van der Waals surface area contributed by atoms with Crippen LogP contribution >= 0.6 is 19.6 Å². The van der Waals surface area contributed by atoms with Gasteiger partial charge in [-0.05, 0) is 131 Å². The highest BCUT2D eigenvalue weighted by atomic mass is 32.2. The van der Waals surface area contributed by atoms with Gasteiger partial charge in [0.15, 0.2) is 0 Å². The SMILES string of the molecule is CC[C@H](C)[C@@H]1NC(=O)[C@H](C)NC(=O)[C@H](CCC(=O)NCCOCCOCC(=O)NCCOCCOCC(=O)N[C@@H](CCCCNC(=O)CCCCC[C@@H]2SC[C@@H]3NC(=O)N[C@@H]32)C(N)=O)NC(=O)[C@H](CC(N)=O)NC(=O)[C@H](CC(C)C)NC(=O)[C@H](Cc2ccc(O)cc2)NC(=O)[C@H](CC(N)=O)NC(=O)[C@H](CCC(N)=O)NC(=O)[C@H](Cc2ccc(OP(=O)(O)O)cc2)NC(=O)[C@H](CCCCN)NC1=O. The van der Waals surface area contributed by atoms with E-state index in [0.29, 0.717) is 31.1 Å². The molecule has 51 heteroatoms. The lowest BCUT2D eigenvalue weighted by atomic mass is 9.97. The molecule has 0 aliphatic carbocycles. The fourth-order valence-corrected chi connectivity index (χ4v) is 16.4. The van der Waals surface area contributed by atoms with Crippen LogP contribution in [0.4, 0.5) is 4.79 Å². The summed E-state index contributed by atoms with van der Waals surface area (Å²) in [6.45, 7) is 7.28. The van der Waals surface area contributed by atoms with Crippen LogP contribution in [0.3, 0.4) is 0 Å². The highest BCUT2D eigenvalue weighted by Gasteiger charge is 2.44. The van der Waals surface area contributed by atoms with E-state index in [9.17, 15) is 111 Å². The predicted octanol–water partition coefficient (Wildman–Crippen LogP) is -5.78. The Morgan fingerprint density at radius 1 is 0.467 bits per heavy atom. The van der Waals surface area contributed by atoms with Crippen molar-refractivity contribution in [2.75, 3.05) is 84.8 Å². The van der Waals surface area contributed by atoms with Crippen molar-refractivity contribution in [1.29, 1.82) is 0 Å². The molecule has 49 nitrogen and oxygen atoms in total. The van der Waals surface area contributed by atoms with Gasteiger partial charge in [-0.15, -0.1) is 0 Å². The van der Waals surface area contributed by atoms with E-state index in [0.717, 1.165) is 43.6 Å². The molecule has 0 radical (unpaired) electrons. The number of benzene rings is 2. The van der Waals surface area contributed by atoms with Crippen molar-refractivity contribution in [3.63, 3.8) is 0 Å². The van der Waals surface area contributed by atoms with E-state index < -0.39 is 238 Å². The highest BCUT2D eigenvalue weighted by molar-refractivity contribution is 8.00. The summed E-state index contributed by atoms with van der Waals surface area (Å²) in [5.74, 6) is -18.4. The predicted molar refractivity (Wildman–Crippen MR) is 493 cm³/mol. The topological polar surface area (TPSA) is 771 Å². The third kappa shape index (κ3) is 45.7. The largest absolute Gasteiger partial charge is 0.524 e. The van der Waals surface area contributed by atoms with Gasteiger partial charge in [-0.2, -0.15) is 11.8 Å². The summed E-state index contributed by atoms with van der Waals surface area (Å²) < 4.78 is 38.2. The lowest BCUT2D eigenvalue weighted by molar-refractivity contribution is -0.137. The molecule has 0 spiro atoms. The zero-order valence-corrected chi connectivity index (χ0v) is 79.4. The van der Waals surface area contributed by atoms with Crippen LogP contribution in [-0.2, 0) is 123 Å². The Morgan fingerprint density at radius 2 is 0.934 bits per heavy atom. The van der Waals surface area contributed by atoms with Crippen LogP contribution in [0.2, 0.25) is 0 Å². The Balaban J connectivity index is 1.25. The highest BCUT2D eigenvalue weighted by Crippen LogP contribution is 2.38. The quantitative estimate of drug-likeness (QED) is 0.0167. The minimum absolute atomic E-state index is 0.00205. The molecule has 3 saturated heterocycles. The molecule has 3 aliphatic heterocycles. The molecule has 0 aromatic heterocycles. The Hall–Kier alpha value is -11.9. The summed E-state index contributed by atoms with van der Waals surface area (Å²) in [6.07, 6.45) is 0.127. The van der Waals surface area contributed by atoms with Gasteiger partial charge in [-0.3, -0.25) is 96.1 Å². The van der Waals surface area contributed by atoms with E-state index in [1.165, 1.54) is 43.3 Å². The number of urea groups is 1. The molecule has 3 aliphatic rings. The Bertz CT molecular complexity index is 4430. The van der Waals surface area contributed by atoms with Gasteiger partial charge in [0.2, 0.25) is 106 Å². The lowest BCUT2D eigenvalue weighted by Gasteiger charge is -2.30. The number of nitrogens with two attached hydrogens (primary N) is 5. The van der Waals surface area contributed by atoms with Crippen molar-refractivity contribution in [3.8, 4) is 11.5 Å². The molecule has 0 bridgehead atoms. The number of ether oxygens (including phenoxy) is 4. The summed E-state index contributed by atoms with van der Waals surface area (Å²) in [5.41, 5.74) is 28.6. The van der Waals surface area contributed by atoms with E-state index in [4.69, 9.17) is 47.6 Å². The van der Waals surface area contributed by atoms with E-state index in [-0.39, 0.29) is 158 Å². The number of thioether (sulfide) groups is 1. The Kier molecular flexibility index (Phi) is 51.7. The first-order valence-electron chi connectivity index (χ1n) is 45.6. The van der Waals surface area contributed by atoms with Crippen LogP contribution in [0.1, 0.15) is 168 Å². The van der Waals surface area contributed by atoms with Crippen LogP contribution in [0.5, 0.6) is 11.5 Å². The maximum Gasteiger partial charge on any atom is 0.524 e. The molecule has 0 unspecified atom stereocenters. The van der Waals surface area contributed by atoms with Crippen molar-refractivity contribution in [3.05, 3.63) is 59.7 Å². The molecule has 764 valence electrons. The number of nitrogens with one attached hydrogen (secondary N) is 16. The van der Waals surface area contributed by atoms with E-state index in [2.05, 4.69) is 89.6 Å². The minimum Gasteiger partial charge on any atom is -0.508 e. The second kappa shape index (κ2) is 61.3. The van der Waals surface area contributed by atoms with Gasteiger partial charge in [-0.25, -0.2) is 9.36 Å². The fraction of sp³-hybridized carbons (Fsp3) is 0.640. The number of phenols is 1. The monoisotopic (exact) mass is 1970 g/mol. The first-order chi connectivity index (χ1) is 65.0. The van der Waals surface area contributed by atoms with E-state index >= 15 is 0 Å². The summed E-state index contributed by atoms with van der Waals surface area (Å²) in [5, 5.41) is 51.9. The summed E-state index contributed by atoms with van der Waals surface area (Å²) in [4.78, 5) is 279. The van der Waals surface area contributed by atoms with Gasteiger partial charge in [0.1, 0.15) is 91.2 Å². The molecule has 29 N–H and O–H groups in total. The van der Waals surface area contributed by atoms with E-state index in [1.807, 2.05) is 11.8 Å². The van der Waals surface area contributed by atoms with Crippen molar-refractivity contribution in [2.45, 2.75) is 253 Å². The first-order valence-corrected chi connectivity index (χ1v) is 48.2. The lowest BCUT2D eigenvalue weighted by Crippen LogP contribution is -2.62. The number of unbranched alkanes of at least 4 members (excludes halogenated alkanes) is 4. The van der Waals surface area contributed by atoms with Crippen molar-refractivity contribution in [1.82, 2.24) is 85.1 Å². The van der Waals surface area contributed by atoms with Gasteiger partial charge >= 0.3 is 13.9 Å². The van der Waals surface area contributed by atoms with Crippen molar-refractivity contribution in [2.24, 2.45) is 40.5 Å². The number of phosphoric ester groups is 1. The van der Waals surface area contributed by atoms with Crippen LogP contribution < -0.4 is 118 Å². The summed E-state index contributed by atoms with van der Waals surface area (Å²) in [7, 11) is -5.10. The fourth-order valence-electron chi connectivity index (χ4n) is 14.5. The molecule has 2 aromatic carbocycles. The number of hydrogen-bond donors (Lipinski definition) is 24. The second-order valence-electron chi connectivity index (χ2n) is 33.8. The Morgan fingerprint density at radius 3 is 1.47 bits per heavy atom. The number of primary amides is 4. The number of phosphoric acid groups is 1. The number of carbonyl (C=O) groups is 19. The molecule has 0 saturated carbocycles. The zero-order chi connectivity index (χ0) is 101. The summed E-state index contributed by atoms with van der Waals surface area (Å²) >= 11 is 1.86. The molecular weight excluding hydrogens is 1840 g/mol. The van der Waals surface area contributed by atoms with Crippen LogP contribution in [-0.4, -0.2) is 296 Å². The van der Waals surface area contributed by atoms with Gasteiger partial charge in [0, 0.05) is 62.7 Å². The second-order valence-corrected chi connectivity index (χ2v) is 36.2. The van der Waals surface area contributed by atoms with Crippen molar-refractivity contribution >= 4 is 132 Å². The molecule has 3 fully saturated rings. The summed E-state index contributed by atoms with van der Waals surface area (Å²) in [6, 6.07) is -8.45. The standard InChI is InChI=1S/C86H136N21O28PS/c1-6-49(4)73-85(126)99-56(15-10-12-30-87)78(119)101-60(42-52-20-24-54(25-21-52)135-136(128,129)130)81(122)97-57(26-28-66(88)109)79(120)103-63(44-68(90)111)84(125)102-61(41-51-18-22-53(108)23-19-51)82(123)100-59(40-48(2)3)80(121)104-62(43-67(89)110)83(124)98-58(77(118)95-50(5)76(117)106-73)27-29-70(113)93-32-34-131-36-38-133-45-71(114)94-33-35-132-37-39-134-46-72(115)96-55(75(91)116)14-11-13-31-92-69(112)17-9-7-8-16-65-74-64(47-137-65)105-86(127)107-74/h18-25,48-50,55-65,73-74,108H,6-17,26-47,87H2,1-5H3,(H2,88,109)(H2,89,110)(H2,90,111)(H2,91,116)(H,92,112)(H,93,113)(H,94,114)(H,95,118)(H,96,115)(H,97,122)(H,98,124)(H,99,126)(H,100,123)(H,101,119)(H,102,125)(H,103,120)(H,104,121)(H,106,117)(H2,105,107,127)(H2,128,129,130)/t49-,50-,55-,56-,57-,58-,59-,60-,61-,62-,63-,64-,65-,73-,74-/m0/s1. The van der Waals surface area contributed by atoms with Crippen molar-refractivity contribution < 1.29 is 134 Å². The van der Waals surface area contributed by atoms with E-state index in [1.54, 1.807) is 27.7 Å². The maximum atomic E-state index is 14.9. The van der Waals surface area contributed by atoms with Crippen LogP contribution in [0, 0.1) is 11.8 Å².